The first kappa shape index (κ1) is 21.0. The van der Waals surface area contributed by atoms with E-state index in [2.05, 4.69) is 32.5 Å². The Morgan fingerprint density at radius 2 is 1.90 bits per heavy atom. The molecule has 7 heteroatoms. The number of rotatable bonds is 7. The fourth-order valence-corrected chi connectivity index (χ4v) is 3.55. The number of benzene rings is 2. The zero-order valence-electron chi connectivity index (χ0n) is 16.5. The number of nitrogens with one attached hydrogen (secondary N) is 2. The first-order chi connectivity index (χ1) is 14.2. The maximum atomic E-state index is 12.6. The molecular weight excluding hydrogens is 376 g/mol. The smallest absolute Gasteiger partial charge is 0.387 e. The highest BCUT2D eigenvalue weighted by molar-refractivity contribution is 5.79. The van der Waals surface area contributed by atoms with Crippen LogP contribution in [0.25, 0.3) is 0 Å². The lowest BCUT2D eigenvalue weighted by Crippen LogP contribution is -2.41. The number of hydrogen-bond acceptors (Lipinski definition) is 3. The van der Waals surface area contributed by atoms with Gasteiger partial charge in [-0.1, -0.05) is 48.5 Å². The van der Waals surface area contributed by atoms with Crippen LogP contribution in [0, 0.1) is 5.92 Å². The summed E-state index contributed by atoms with van der Waals surface area (Å²) in [6.07, 6.45) is 2.14. The molecule has 2 aromatic carbocycles. The van der Waals surface area contributed by atoms with E-state index in [0.29, 0.717) is 30.5 Å². The molecule has 2 N–H and O–H groups in total. The Kier molecular flexibility index (Phi) is 7.81. The van der Waals surface area contributed by atoms with Crippen LogP contribution in [0.15, 0.2) is 59.6 Å². The molecule has 1 fully saturated rings. The molecule has 0 saturated carbocycles. The number of guanidine groups is 1. The molecule has 0 amide bonds. The number of para-hydroxylation sites is 1. The lowest BCUT2D eigenvalue weighted by atomic mass is 9.89. The molecule has 0 radical (unpaired) electrons. The second kappa shape index (κ2) is 10.8. The van der Waals surface area contributed by atoms with Crippen LogP contribution >= 0.6 is 0 Å². The highest BCUT2D eigenvalue weighted by Crippen LogP contribution is 2.33. The molecule has 0 aliphatic carbocycles. The topological polar surface area (TPSA) is 54.9 Å². The summed E-state index contributed by atoms with van der Waals surface area (Å²) >= 11 is 0. The number of ether oxygens (including phenoxy) is 2. The van der Waals surface area contributed by atoms with Crippen molar-refractivity contribution in [3.8, 4) is 5.75 Å². The minimum atomic E-state index is -2.85. The standard InChI is InChI=1S/C22H27F2N3O2/c1-25-22(26-14-17-10-5-6-12-19(17)29-21(23)24)27-15-18-11-7-13-28-20(18)16-8-3-2-4-9-16/h2-6,8-10,12,18,20-21H,7,11,13-15H2,1H3,(H2,25,26,27). The van der Waals surface area contributed by atoms with E-state index in [9.17, 15) is 8.78 Å². The van der Waals surface area contributed by atoms with Gasteiger partial charge in [0.1, 0.15) is 5.75 Å². The first-order valence-corrected chi connectivity index (χ1v) is 9.81. The molecule has 0 spiro atoms. The number of hydrogen-bond donors (Lipinski definition) is 2. The molecule has 1 saturated heterocycles. The monoisotopic (exact) mass is 403 g/mol. The van der Waals surface area contributed by atoms with Crippen LogP contribution in [-0.4, -0.2) is 32.8 Å². The maximum absolute atomic E-state index is 12.6. The van der Waals surface area contributed by atoms with Gasteiger partial charge in [-0.15, -0.1) is 0 Å². The molecule has 3 rings (SSSR count). The predicted octanol–water partition coefficient (Wildman–Crippen LogP) is 4.12. The van der Waals surface area contributed by atoms with Gasteiger partial charge in [0.2, 0.25) is 0 Å². The van der Waals surface area contributed by atoms with E-state index >= 15 is 0 Å². The van der Waals surface area contributed by atoms with Crippen LogP contribution in [0.5, 0.6) is 5.75 Å². The van der Waals surface area contributed by atoms with E-state index in [4.69, 9.17) is 4.74 Å². The van der Waals surface area contributed by atoms with Crippen molar-refractivity contribution in [2.45, 2.75) is 32.1 Å². The maximum Gasteiger partial charge on any atom is 0.387 e. The predicted molar refractivity (Wildman–Crippen MR) is 109 cm³/mol. The summed E-state index contributed by atoms with van der Waals surface area (Å²) in [5.74, 6) is 1.09. The van der Waals surface area contributed by atoms with Gasteiger partial charge in [-0.25, -0.2) is 0 Å². The molecule has 2 aromatic rings. The summed E-state index contributed by atoms with van der Waals surface area (Å²) in [7, 11) is 1.68. The minimum Gasteiger partial charge on any atom is -0.434 e. The van der Waals surface area contributed by atoms with Gasteiger partial charge in [-0.3, -0.25) is 4.99 Å². The van der Waals surface area contributed by atoms with Crippen LogP contribution in [0.3, 0.4) is 0 Å². The van der Waals surface area contributed by atoms with Crippen LogP contribution in [-0.2, 0) is 11.3 Å². The lowest BCUT2D eigenvalue weighted by molar-refractivity contribution is -0.0504. The van der Waals surface area contributed by atoms with Crippen molar-refractivity contribution >= 4 is 5.96 Å². The fourth-order valence-electron chi connectivity index (χ4n) is 3.55. The SMILES string of the molecule is CN=C(NCc1ccccc1OC(F)F)NCC1CCCOC1c1ccccc1. The fraction of sp³-hybridized carbons (Fsp3) is 0.409. The summed E-state index contributed by atoms with van der Waals surface area (Å²) in [5, 5.41) is 6.51. The first-order valence-electron chi connectivity index (χ1n) is 9.81. The Labute approximate surface area is 170 Å². The number of aliphatic imine (C=N–C) groups is 1. The van der Waals surface area contributed by atoms with Gasteiger partial charge in [-0.2, -0.15) is 8.78 Å². The Balaban J connectivity index is 1.56. The number of halogens is 2. The zero-order valence-corrected chi connectivity index (χ0v) is 16.5. The van der Waals surface area contributed by atoms with Gasteiger partial charge in [-0.05, 0) is 24.5 Å². The average Bonchev–Trinajstić information content (AvgIpc) is 2.75. The van der Waals surface area contributed by atoms with E-state index in [1.54, 1.807) is 25.2 Å². The van der Waals surface area contributed by atoms with Crippen molar-refractivity contribution in [2.24, 2.45) is 10.9 Å². The molecule has 156 valence electrons. The Morgan fingerprint density at radius 3 is 2.66 bits per heavy atom. The van der Waals surface area contributed by atoms with Gasteiger partial charge >= 0.3 is 6.61 Å². The van der Waals surface area contributed by atoms with E-state index in [0.717, 1.165) is 19.4 Å². The average molecular weight is 403 g/mol. The summed E-state index contributed by atoms with van der Waals surface area (Å²) < 4.78 is 35.8. The van der Waals surface area contributed by atoms with Crippen molar-refractivity contribution in [3.05, 3.63) is 65.7 Å². The van der Waals surface area contributed by atoms with E-state index in [1.807, 2.05) is 18.2 Å². The van der Waals surface area contributed by atoms with E-state index in [-0.39, 0.29) is 11.9 Å². The van der Waals surface area contributed by atoms with Gasteiger partial charge < -0.3 is 20.1 Å². The van der Waals surface area contributed by atoms with Gasteiger partial charge in [0.25, 0.3) is 0 Å². The van der Waals surface area contributed by atoms with Crippen molar-refractivity contribution in [1.29, 1.82) is 0 Å². The third-order valence-electron chi connectivity index (χ3n) is 4.96. The molecule has 1 aliphatic heterocycles. The molecule has 1 heterocycles. The largest absolute Gasteiger partial charge is 0.434 e. The van der Waals surface area contributed by atoms with E-state index < -0.39 is 6.61 Å². The summed E-state index contributed by atoms with van der Waals surface area (Å²) in [6.45, 7) is -1.06. The molecule has 5 nitrogen and oxygen atoms in total. The minimum absolute atomic E-state index is 0.0516. The molecule has 0 aromatic heterocycles. The quantitative estimate of drug-likeness (QED) is 0.539. The van der Waals surface area contributed by atoms with Gasteiger partial charge in [0.05, 0.1) is 6.10 Å². The van der Waals surface area contributed by atoms with Crippen LogP contribution < -0.4 is 15.4 Å². The second-order valence-corrected chi connectivity index (χ2v) is 6.90. The Hall–Kier alpha value is -2.67. The summed E-state index contributed by atoms with van der Waals surface area (Å²) in [5.41, 5.74) is 1.82. The third-order valence-corrected chi connectivity index (χ3v) is 4.96. The van der Waals surface area contributed by atoms with Crippen molar-refractivity contribution < 1.29 is 18.3 Å². The molecule has 1 aliphatic rings. The van der Waals surface area contributed by atoms with Crippen molar-refractivity contribution in [1.82, 2.24) is 10.6 Å². The molecule has 2 unspecified atom stereocenters. The van der Waals surface area contributed by atoms with Gasteiger partial charge in [0.15, 0.2) is 5.96 Å². The van der Waals surface area contributed by atoms with Crippen LogP contribution in [0.1, 0.15) is 30.1 Å². The molecule has 2 atom stereocenters. The highest BCUT2D eigenvalue weighted by atomic mass is 19.3. The second-order valence-electron chi connectivity index (χ2n) is 6.90. The molecule has 29 heavy (non-hydrogen) atoms. The zero-order chi connectivity index (χ0) is 20.5. The third kappa shape index (κ3) is 6.15. The molecule has 0 bridgehead atoms. The summed E-state index contributed by atoms with van der Waals surface area (Å²) in [4.78, 5) is 4.24. The number of alkyl halides is 2. The molecular formula is C22H27F2N3O2. The normalized spacial score (nSPS) is 19.8. The van der Waals surface area contributed by atoms with Crippen molar-refractivity contribution in [3.63, 3.8) is 0 Å². The number of nitrogens with zero attached hydrogens (tertiary/aromatic N) is 1. The van der Waals surface area contributed by atoms with Crippen LogP contribution in [0.2, 0.25) is 0 Å². The summed E-state index contributed by atoms with van der Waals surface area (Å²) in [6, 6.07) is 17.0. The highest BCUT2D eigenvalue weighted by Gasteiger charge is 2.27. The Morgan fingerprint density at radius 1 is 1.14 bits per heavy atom. The van der Waals surface area contributed by atoms with Crippen molar-refractivity contribution in [2.75, 3.05) is 20.2 Å². The van der Waals surface area contributed by atoms with Crippen LogP contribution in [0.4, 0.5) is 8.78 Å². The lowest BCUT2D eigenvalue weighted by Gasteiger charge is -2.32. The Bertz CT molecular complexity index is 787. The van der Waals surface area contributed by atoms with Gasteiger partial charge in [0, 0.05) is 38.2 Å². The van der Waals surface area contributed by atoms with E-state index in [1.165, 1.54) is 11.6 Å².